The Morgan fingerprint density at radius 1 is 0.865 bits per heavy atom. The Balaban J connectivity index is 1.38. The number of esters is 1. The Labute approximate surface area is 226 Å². The maximum absolute atomic E-state index is 13.1. The molecule has 1 aliphatic carbocycles. The quantitative estimate of drug-likeness (QED) is 0.264. The van der Waals surface area contributed by atoms with Gasteiger partial charge in [0.25, 0.3) is 0 Å². The number of benzene rings is 2. The van der Waals surface area contributed by atoms with Gasteiger partial charge in [0.05, 0.1) is 31.2 Å². The van der Waals surface area contributed by atoms with Crippen molar-refractivity contribution in [3.05, 3.63) is 59.6 Å². The summed E-state index contributed by atoms with van der Waals surface area (Å²) >= 11 is 6.04. The number of hydrogen-bond donors (Lipinski definition) is 0. The number of para-hydroxylation sites is 1. The first-order valence-electron chi connectivity index (χ1n) is 13.3. The summed E-state index contributed by atoms with van der Waals surface area (Å²) in [6.07, 6.45) is 4.54. The average molecular weight is 530 g/mol. The van der Waals surface area contributed by atoms with Gasteiger partial charge in [0.15, 0.2) is 0 Å². The first-order chi connectivity index (χ1) is 17.8. The predicted molar refractivity (Wildman–Crippen MR) is 147 cm³/mol. The second-order valence-corrected chi connectivity index (χ2v) is 11.0. The third-order valence-electron chi connectivity index (χ3n) is 6.67. The van der Waals surface area contributed by atoms with Gasteiger partial charge in [0, 0.05) is 5.02 Å². The number of halogens is 1. The van der Waals surface area contributed by atoms with Crippen molar-refractivity contribution in [2.75, 3.05) is 31.3 Å². The molecule has 0 radical (unpaired) electrons. The highest BCUT2D eigenvalue weighted by Gasteiger charge is 2.25. The molecule has 6 nitrogen and oxygen atoms in total. The van der Waals surface area contributed by atoms with E-state index < -0.39 is 6.09 Å². The fraction of sp³-hybridized carbons (Fsp3) is 0.533. The third-order valence-corrected chi connectivity index (χ3v) is 6.92. The first kappa shape index (κ1) is 29.0. The van der Waals surface area contributed by atoms with Crippen molar-refractivity contribution in [1.82, 2.24) is 0 Å². The van der Waals surface area contributed by atoms with Crippen molar-refractivity contribution in [2.45, 2.75) is 52.9 Å². The van der Waals surface area contributed by atoms with Gasteiger partial charge in [-0.15, -0.1) is 0 Å². The average Bonchev–Trinajstić information content (AvgIpc) is 2.88. The number of ether oxygens (including phenoxy) is 3. The Morgan fingerprint density at radius 3 is 2.08 bits per heavy atom. The molecule has 3 rings (SSSR count). The second-order valence-electron chi connectivity index (χ2n) is 10.5. The molecule has 0 aromatic heterocycles. The zero-order valence-corrected chi connectivity index (χ0v) is 23.0. The van der Waals surface area contributed by atoms with Gasteiger partial charge in [-0.3, -0.25) is 0 Å². The molecule has 0 spiro atoms. The maximum Gasteiger partial charge on any atom is 0.418 e. The van der Waals surface area contributed by atoms with Crippen LogP contribution in [0.4, 0.5) is 16.2 Å². The molecule has 1 fully saturated rings. The Hall–Kier alpha value is -2.57. The monoisotopic (exact) mass is 529 g/mol. The number of hydrogen-bond acceptors (Lipinski definition) is 5. The van der Waals surface area contributed by atoms with Crippen LogP contribution in [0, 0.1) is 23.7 Å². The number of carbonyl (C=O) groups is 2. The molecule has 1 atom stereocenters. The summed E-state index contributed by atoms with van der Waals surface area (Å²) in [4.78, 5) is 26.6. The van der Waals surface area contributed by atoms with Crippen LogP contribution in [-0.2, 0) is 19.0 Å². The lowest BCUT2D eigenvalue weighted by Crippen LogP contribution is -2.30. The van der Waals surface area contributed by atoms with Crippen LogP contribution in [0.3, 0.4) is 0 Å². The van der Waals surface area contributed by atoms with E-state index in [0.29, 0.717) is 54.2 Å². The number of rotatable bonds is 12. The first-order valence-corrected chi connectivity index (χ1v) is 13.7. The summed E-state index contributed by atoms with van der Waals surface area (Å²) in [7, 11) is 0. The van der Waals surface area contributed by atoms with E-state index in [1.807, 2.05) is 42.5 Å². The number of amides is 1. The van der Waals surface area contributed by atoms with E-state index in [1.54, 1.807) is 17.0 Å². The van der Waals surface area contributed by atoms with Crippen LogP contribution in [0.15, 0.2) is 54.6 Å². The van der Waals surface area contributed by atoms with Crippen molar-refractivity contribution in [2.24, 2.45) is 23.7 Å². The smallest absolute Gasteiger partial charge is 0.418 e. The number of nitrogens with zero attached hydrogens (tertiary/aromatic N) is 1. The molecule has 2 aromatic carbocycles. The lowest BCUT2D eigenvalue weighted by molar-refractivity contribution is -0.151. The molecule has 2 aromatic rings. The molecule has 0 N–H and O–H groups in total. The highest BCUT2D eigenvalue weighted by Crippen LogP contribution is 2.31. The van der Waals surface area contributed by atoms with Crippen molar-refractivity contribution in [3.8, 4) is 0 Å². The highest BCUT2D eigenvalue weighted by atomic mass is 35.5. The van der Waals surface area contributed by atoms with Crippen LogP contribution < -0.4 is 4.90 Å². The normalized spacial score (nSPS) is 18.3. The van der Waals surface area contributed by atoms with E-state index in [1.165, 1.54) is 0 Å². The summed E-state index contributed by atoms with van der Waals surface area (Å²) in [5.74, 6) is 1.39. The zero-order valence-electron chi connectivity index (χ0n) is 22.2. The van der Waals surface area contributed by atoms with Crippen LogP contribution in [0.1, 0.15) is 52.9 Å². The largest absolute Gasteiger partial charge is 0.464 e. The SMILES string of the molecule is CC(C)CC(C)COC(=O)COCC1CCC(COC(=O)N(c2ccccc2)c2ccc(Cl)cc2)CC1. The standard InChI is InChI=1S/C30H40ClNO5/c1-22(2)17-23(3)18-36-29(33)21-35-19-24-9-11-25(12-10-24)20-37-30(34)32(27-7-5-4-6-8-27)28-15-13-26(31)14-16-28/h4-8,13-16,22-25H,9-12,17-21H2,1-3H3. The third kappa shape index (κ3) is 10.0. The molecule has 0 heterocycles. The fourth-order valence-corrected chi connectivity index (χ4v) is 4.93. The highest BCUT2D eigenvalue weighted by molar-refractivity contribution is 6.30. The summed E-state index contributed by atoms with van der Waals surface area (Å²) < 4.78 is 16.7. The molecule has 0 aliphatic heterocycles. The van der Waals surface area contributed by atoms with Crippen LogP contribution >= 0.6 is 11.6 Å². The van der Waals surface area contributed by atoms with Crippen molar-refractivity contribution < 1.29 is 23.8 Å². The molecular weight excluding hydrogens is 490 g/mol. The van der Waals surface area contributed by atoms with Gasteiger partial charge in [0.1, 0.15) is 6.61 Å². The van der Waals surface area contributed by atoms with Gasteiger partial charge in [0.2, 0.25) is 0 Å². The molecule has 1 unspecified atom stereocenters. The van der Waals surface area contributed by atoms with E-state index in [9.17, 15) is 9.59 Å². The van der Waals surface area contributed by atoms with Crippen molar-refractivity contribution in [1.29, 1.82) is 0 Å². The fourth-order valence-electron chi connectivity index (χ4n) is 4.80. The van der Waals surface area contributed by atoms with E-state index in [0.717, 1.165) is 37.8 Å². The molecule has 37 heavy (non-hydrogen) atoms. The van der Waals surface area contributed by atoms with Crippen molar-refractivity contribution in [3.63, 3.8) is 0 Å². The molecule has 1 saturated carbocycles. The summed E-state index contributed by atoms with van der Waals surface area (Å²) in [5, 5.41) is 0.610. The molecule has 202 valence electrons. The van der Waals surface area contributed by atoms with Gasteiger partial charge < -0.3 is 14.2 Å². The van der Waals surface area contributed by atoms with E-state index in [4.69, 9.17) is 25.8 Å². The van der Waals surface area contributed by atoms with Crippen molar-refractivity contribution >= 4 is 35.0 Å². The topological polar surface area (TPSA) is 65.1 Å². The summed E-state index contributed by atoms with van der Waals surface area (Å²) in [6, 6.07) is 16.6. The lowest BCUT2D eigenvalue weighted by atomic mass is 9.83. The van der Waals surface area contributed by atoms with Gasteiger partial charge in [-0.25, -0.2) is 14.5 Å². The van der Waals surface area contributed by atoms with Gasteiger partial charge in [-0.2, -0.15) is 0 Å². The van der Waals surface area contributed by atoms with Crippen LogP contribution in [0.25, 0.3) is 0 Å². The van der Waals surface area contributed by atoms with E-state index in [-0.39, 0.29) is 12.6 Å². The minimum absolute atomic E-state index is 0.00591. The van der Waals surface area contributed by atoms with E-state index >= 15 is 0 Å². The van der Waals surface area contributed by atoms with Gasteiger partial charge >= 0.3 is 12.1 Å². The number of anilines is 2. The minimum Gasteiger partial charge on any atom is -0.464 e. The zero-order chi connectivity index (χ0) is 26.6. The van der Waals surface area contributed by atoms with Crippen LogP contribution in [0.5, 0.6) is 0 Å². The van der Waals surface area contributed by atoms with Gasteiger partial charge in [-0.1, -0.05) is 50.6 Å². The molecule has 0 bridgehead atoms. The molecule has 0 saturated heterocycles. The van der Waals surface area contributed by atoms with Crippen LogP contribution in [0.2, 0.25) is 5.02 Å². The second kappa shape index (κ2) is 15.0. The molecule has 7 heteroatoms. The molecular formula is C30H40ClNO5. The Morgan fingerprint density at radius 2 is 1.46 bits per heavy atom. The molecule has 1 amide bonds. The van der Waals surface area contributed by atoms with Gasteiger partial charge in [-0.05, 0) is 92.2 Å². The van der Waals surface area contributed by atoms with Crippen LogP contribution in [-0.4, -0.2) is 38.5 Å². The summed E-state index contributed by atoms with van der Waals surface area (Å²) in [6.45, 7) is 7.82. The maximum atomic E-state index is 13.1. The minimum atomic E-state index is -0.403. The van der Waals surface area contributed by atoms with E-state index in [2.05, 4.69) is 20.8 Å². The predicted octanol–water partition coefficient (Wildman–Crippen LogP) is 7.66. The Kier molecular flexibility index (Phi) is 11.7. The molecule has 1 aliphatic rings. The number of carbonyl (C=O) groups excluding carboxylic acids is 2. The summed E-state index contributed by atoms with van der Waals surface area (Å²) in [5.41, 5.74) is 1.44. The lowest BCUT2D eigenvalue weighted by Gasteiger charge is -2.29. The Bertz CT molecular complexity index is 958.